The van der Waals surface area contributed by atoms with Gasteiger partial charge in [-0.15, -0.1) is 0 Å². The fourth-order valence-corrected chi connectivity index (χ4v) is 2.09. The van der Waals surface area contributed by atoms with Gasteiger partial charge >= 0.3 is 0 Å². The van der Waals surface area contributed by atoms with Crippen LogP contribution in [-0.4, -0.2) is 46.6 Å². The number of ether oxygens (including phenoxy) is 2. The molecule has 4 nitrogen and oxygen atoms in total. The molecular weight excluding hydrogens is 260 g/mol. The van der Waals surface area contributed by atoms with Crippen LogP contribution in [0, 0.1) is 0 Å². The van der Waals surface area contributed by atoms with Crippen molar-refractivity contribution in [2.24, 2.45) is 0 Å². The predicted molar refractivity (Wildman–Crippen MR) is 80.7 cm³/mol. The zero-order valence-corrected chi connectivity index (χ0v) is 14.2. The van der Waals surface area contributed by atoms with Crippen molar-refractivity contribution in [1.82, 2.24) is 0 Å². The molecule has 1 atom stereocenters. The number of aliphatic hydroxyl groups excluding tert-OH is 1. The Morgan fingerprint density at radius 1 is 1.21 bits per heavy atom. The molecule has 0 aliphatic heterocycles. The van der Waals surface area contributed by atoms with E-state index in [2.05, 4.69) is 33.9 Å². The largest absolute Gasteiger partial charge is 0.413 e. The van der Waals surface area contributed by atoms with E-state index in [1.165, 1.54) is 0 Å². The van der Waals surface area contributed by atoms with Gasteiger partial charge in [-0.2, -0.15) is 0 Å². The summed E-state index contributed by atoms with van der Waals surface area (Å²) in [4.78, 5) is 0. The van der Waals surface area contributed by atoms with Crippen LogP contribution in [0.3, 0.4) is 0 Å². The fraction of sp³-hybridized carbons (Fsp3) is 0.857. The first kappa shape index (κ1) is 18.8. The molecule has 0 aliphatic rings. The standard InChI is InChI=1S/C14H30O4Si/c1-14(2,3)19(5,6)18-10-8-7-9-13(11-15)17-12-16-4/h7-8,13,15H,9-12H2,1-6H3/b8-7+/t13-/m0/s1. The smallest absolute Gasteiger partial charge is 0.192 e. The predicted octanol–water partition coefficient (Wildman–Crippen LogP) is 2.94. The fourth-order valence-electron chi connectivity index (χ4n) is 1.15. The molecular formula is C14H30O4Si. The van der Waals surface area contributed by atoms with Gasteiger partial charge in [0.15, 0.2) is 8.32 Å². The summed E-state index contributed by atoms with van der Waals surface area (Å²) in [5, 5.41) is 9.34. The summed E-state index contributed by atoms with van der Waals surface area (Å²) in [6, 6.07) is 0. The third-order valence-electron chi connectivity index (χ3n) is 3.54. The summed E-state index contributed by atoms with van der Waals surface area (Å²) in [6.45, 7) is 12.0. The molecule has 0 unspecified atom stereocenters. The molecule has 0 saturated heterocycles. The van der Waals surface area contributed by atoms with E-state index >= 15 is 0 Å². The summed E-state index contributed by atoms with van der Waals surface area (Å²) in [5.74, 6) is 0. The first-order chi connectivity index (χ1) is 8.74. The minimum atomic E-state index is -1.66. The maximum Gasteiger partial charge on any atom is 0.192 e. The Balaban J connectivity index is 3.97. The Hall–Kier alpha value is -0.203. The molecule has 0 heterocycles. The molecule has 0 saturated carbocycles. The molecule has 0 amide bonds. The molecule has 0 bridgehead atoms. The first-order valence-corrected chi connectivity index (χ1v) is 9.65. The molecule has 114 valence electrons. The van der Waals surface area contributed by atoms with E-state index < -0.39 is 8.32 Å². The average molecular weight is 290 g/mol. The number of aliphatic hydroxyl groups is 1. The number of rotatable bonds is 9. The molecule has 1 N–H and O–H groups in total. The lowest BCUT2D eigenvalue weighted by Crippen LogP contribution is -2.40. The monoisotopic (exact) mass is 290 g/mol. The van der Waals surface area contributed by atoms with Crippen LogP contribution in [0.1, 0.15) is 27.2 Å². The molecule has 0 aliphatic carbocycles. The van der Waals surface area contributed by atoms with E-state index in [4.69, 9.17) is 19.0 Å². The van der Waals surface area contributed by atoms with Crippen molar-refractivity contribution in [2.75, 3.05) is 27.1 Å². The van der Waals surface area contributed by atoms with Crippen molar-refractivity contribution < 1.29 is 19.0 Å². The molecule has 0 aromatic rings. The van der Waals surface area contributed by atoms with Crippen LogP contribution in [0.2, 0.25) is 18.1 Å². The highest BCUT2D eigenvalue weighted by molar-refractivity contribution is 6.74. The summed E-state index contributed by atoms with van der Waals surface area (Å²) in [5.41, 5.74) is 0. The van der Waals surface area contributed by atoms with Gasteiger partial charge in [0.2, 0.25) is 0 Å². The van der Waals surface area contributed by atoms with Crippen LogP contribution in [0.15, 0.2) is 12.2 Å². The van der Waals surface area contributed by atoms with Gasteiger partial charge in [-0.25, -0.2) is 0 Å². The Morgan fingerprint density at radius 3 is 2.32 bits per heavy atom. The first-order valence-electron chi connectivity index (χ1n) is 6.75. The van der Waals surface area contributed by atoms with E-state index in [0.717, 1.165) is 0 Å². The highest BCUT2D eigenvalue weighted by Crippen LogP contribution is 2.36. The van der Waals surface area contributed by atoms with Gasteiger partial charge in [0, 0.05) is 7.11 Å². The maximum absolute atomic E-state index is 9.11. The van der Waals surface area contributed by atoms with E-state index in [1.54, 1.807) is 7.11 Å². The molecule has 5 heteroatoms. The minimum absolute atomic E-state index is 0.00318. The van der Waals surface area contributed by atoms with E-state index in [1.807, 2.05) is 12.2 Å². The van der Waals surface area contributed by atoms with Crippen molar-refractivity contribution in [3.8, 4) is 0 Å². The quantitative estimate of drug-likeness (QED) is 0.403. The second-order valence-corrected chi connectivity index (χ2v) is 11.0. The van der Waals surface area contributed by atoms with Crippen molar-refractivity contribution in [1.29, 1.82) is 0 Å². The van der Waals surface area contributed by atoms with Crippen LogP contribution >= 0.6 is 0 Å². The minimum Gasteiger partial charge on any atom is -0.413 e. The maximum atomic E-state index is 9.11. The van der Waals surface area contributed by atoms with Crippen LogP contribution in [0.4, 0.5) is 0 Å². The molecule has 0 spiro atoms. The van der Waals surface area contributed by atoms with Gasteiger partial charge in [-0.05, 0) is 24.6 Å². The van der Waals surface area contributed by atoms with Gasteiger partial charge in [0.25, 0.3) is 0 Å². The zero-order valence-electron chi connectivity index (χ0n) is 13.2. The topological polar surface area (TPSA) is 47.9 Å². The summed E-state index contributed by atoms with van der Waals surface area (Å²) >= 11 is 0. The van der Waals surface area contributed by atoms with Crippen molar-refractivity contribution in [3.63, 3.8) is 0 Å². The lowest BCUT2D eigenvalue weighted by Gasteiger charge is -2.35. The molecule has 0 radical (unpaired) electrons. The highest BCUT2D eigenvalue weighted by Gasteiger charge is 2.36. The number of hydrogen-bond acceptors (Lipinski definition) is 4. The van der Waals surface area contributed by atoms with Crippen molar-refractivity contribution in [2.45, 2.75) is 51.4 Å². The summed E-state index contributed by atoms with van der Waals surface area (Å²) in [7, 11) is -0.0965. The number of methoxy groups -OCH3 is 1. The molecule has 0 aromatic carbocycles. The Kier molecular flexibility index (Phi) is 8.77. The highest BCUT2D eigenvalue weighted by atomic mass is 28.4. The second kappa shape index (κ2) is 8.87. The Morgan fingerprint density at radius 2 is 1.84 bits per heavy atom. The van der Waals surface area contributed by atoms with E-state index in [0.29, 0.717) is 13.0 Å². The third kappa shape index (κ3) is 7.84. The average Bonchev–Trinajstić information content (AvgIpc) is 2.31. The van der Waals surface area contributed by atoms with Gasteiger partial charge in [0.1, 0.15) is 6.79 Å². The van der Waals surface area contributed by atoms with Gasteiger partial charge in [0.05, 0.1) is 19.3 Å². The van der Waals surface area contributed by atoms with Gasteiger partial charge < -0.3 is 19.0 Å². The van der Waals surface area contributed by atoms with Crippen LogP contribution in [0.5, 0.6) is 0 Å². The Bertz CT molecular complexity index is 259. The normalized spacial score (nSPS) is 15.1. The second-order valence-electron chi connectivity index (χ2n) is 6.16. The van der Waals surface area contributed by atoms with Gasteiger partial charge in [-0.1, -0.05) is 32.9 Å². The van der Waals surface area contributed by atoms with Gasteiger partial charge in [-0.3, -0.25) is 0 Å². The van der Waals surface area contributed by atoms with E-state index in [-0.39, 0.29) is 24.5 Å². The number of hydrogen-bond donors (Lipinski definition) is 1. The summed E-state index contributed by atoms with van der Waals surface area (Å²) < 4.78 is 16.1. The van der Waals surface area contributed by atoms with Crippen molar-refractivity contribution in [3.05, 3.63) is 12.2 Å². The van der Waals surface area contributed by atoms with Crippen molar-refractivity contribution >= 4 is 8.32 Å². The summed E-state index contributed by atoms with van der Waals surface area (Å²) in [6.07, 6.45) is 4.45. The third-order valence-corrected chi connectivity index (χ3v) is 8.04. The lowest BCUT2D eigenvalue weighted by atomic mass is 10.2. The molecule has 0 aromatic heterocycles. The molecule has 19 heavy (non-hydrogen) atoms. The zero-order chi connectivity index (χ0) is 14.9. The van der Waals surface area contributed by atoms with E-state index in [9.17, 15) is 0 Å². The lowest BCUT2D eigenvalue weighted by molar-refractivity contribution is -0.0854. The van der Waals surface area contributed by atoms with Crippen LogP contribution in [-0.2, 0) is 13.9 Å². The molecule has 0 rings (SSSR count). The van der Waals surface area contributed by atoms with Crippen LogP contribution in [0.25, 0.3) is 0 Å². The molecule has 0 fully saturated rings. The SMILES string of the molecule is COCO[C@H](CO)C/C=C/CO[Si](C)(C)C(C)(C)C. The Labute approximate surface area is 118 Å². The van der Waals surface area contributed by atoms with Crippen LogP contribution < -0.4 is 0 Å².